The van der Waals surface area contributed by atoms with E-state index in [4.69, 9.17) is 11.5 Å². The summed E-state index contributed by atoms with van der Waals surface area (Å²) in [5.74, 6) is 1.27. The molecule has 0 spiro atoms. The lowest BCUT2D eigenvalue weighted by Gasteiger charge is -2.42. The molecule has 4 N–H and O–H groups in total. The largest absolute Gasteiger partial charge is 0.399 e. The highest BCUT2D eigenvalue weighted by Gasteiger charge is 2.32. The predicted octanol–water partition coefficient (Wildman–Crippen LogP) is 2.38. The van der Waals surface area contributed by atoms with Gasteiger partial charge in [-0.2, -0.15) is 0 Å². The lowest BCUT2D eigenvalue weighted by Crippen LogP contribution is -2.42. The van der Waals surface area contributed by atoms with Crippen molar-refractivity contribution in [3.8, 4) is 0 Å². The van der Waals surface area contributed by atoms with Crippen LogP contribution in [0.5, 0.6) is 0 Å². The van der Waals surface area contributed by atoms with Gasteiger partial charge in [-0.05, 0) is 42.9 Å². The van der Waals surface area contributed by atoms with E-state index in [1.165, 1.54) is 32.1 Å². The number of fused-ring (bicyclic) bond motifs is 1. The summed E-state index contributed by atoms with van der Waals surface area (Å²) in [7, 11) is 0. The van der Waals surface area contributed by atoms with E-state index < -0.39 is 0 Å². The number of piperidine rings is 1. The maximum atomic E-state index is 11.6. The normalized spacial score (nSPS) is 26.1. The second-order valence-corrected chi connectivity index (χ2v) is 6.18. The van der Waals surface area contributed by atoms with Crippen LogP contribution in [-0.2, 0) is 0 Å². The number of hydrogen-bond acceptors (Lipinski definition) is 3. The monoisotopic (exact) mass is 273 g/mol. The van der Waals surface area contributed by atoms with E-state index in [9.17, 15) is 4.79 Å². The van der Waals surface area contributed by atoms with Crippen LogP contribution in [0.15, 0.2) is 18.2 Å². The van der Waals surface area contributed by atoms with Crippen LogP contribution in [0.25, 0.3) is 0 Å². The zero-order valence-electron chi connectivity index (χ0n) is 11.8. The van der Waals surface area contributed by atoms with Gasteiger partial charge in [0.2, 0.25) is 0 Å². The van der Waals surface area contributed by atoms with Gasteiger partial charge in [0.1, 0.15) is 0 Å². The van der Waals surface area contributed by atoms with Gasteiger partial charge in [-0.1, -0.05) is 19.3 Å². The Balaban J connectivity index is 1.85. The quantitative estimate of drug-likeness (QED) is 0.813. The van der Waals surface area contributed by atoms with Crippen molar-refractivity contribution in [2.45, 2.75) is 32.1 Å². The summed E-state index contributed by atoms with van der Waals surface area (Å²) in [4.78, 5) is 13.9. The molecule has 2 fully saturated rings. The predicted molar refractivity (Wildman–Crippen MR) is 81.7 cm³/mol. The first kappa shape index (κ1) is 13.3. The number of nitrogens with two attached hydrogens (primary N) is 2. The van der Waals surface area contributed by atoms with Crippen LogP contribution in [0, 0.1) is 11.8 Å². The molecular formula is C16H23N3O. The summed E-state index contributed by atoms with van der Waals surface area (Å²) < 4.78 is 0. The van der Waals surface area contributed by atoms with Crippen LogP contribution in [0.1, 0.15) is 42.5 Å². The highest BCUT2D eigenvalue weighted by molar-refractivity contribution is 5.99. The van der Waals surface area contributed by atoms with Gasteiger partial charge in [0, 0.05) is 18.8 Å². The third-order valence-corrected chi connectivity index (χ3v) is 4.92. The molecule has 1 saturated carbocycles. The lowest BCUT2D eigenvalue weighted by atomic mass is 9.75. The molecule has 108 valence electrons. The van der Waals surface area contributed by atoms with Crippen molar-refractivity contribution in [2.24, 2.45) is 17.6 Å². The van der Waals surface area contributed by atoms with Crippen molar-refractivity contribution in [3.63, 3.8) is 0 Å². The SMILES string of the molecule is NC(=O)c1ccc(N)cc1N1CCC2CCCCC2C1. The second-order valence-electron chi connectivity index (χ2n) is 6.18. The molecule has 4 heteroatoms. The standard InChI is InChI=1S/C16H23N3O/c17-13-5-6-14(16(18)20)15(9-13)19-8-7-11-3-1-2-4-12(11)10-19/h5-6,9,11-12H,1-4,7-8,10,17H2,(H2,18,20). The molecule has 3 rings (SSSR count). The van der Waals surface area contributed by atoms with Crippen LogP contribution in [0.3, 0.4) is 0 Å². The maximum absolute atomic E-state index is 11.6. The van der Waals surface area contributed by atoms with Crippen molar-refractivity contribution in [2.75, 3.05) is 23.7 Å². The number of hydrogen-bond donors (Lipinski definition) is 2. The van der Waals surface area contributed by atoms with Crippen LogP contribution in [0.2, 0.25) is 0 Å². The summed E-state index contributed by atoms with van der Waals surface area (Å²) in [5.41, 5.74) is 13.6. The molecule has 0 aromatic heterocycles. The topological polar surface area (TPSA) is 72.3 Å². The number of amides is 1. The van der Waals surface area contributed by atoms with Crippen molar-refractivity contribution < 1.29 is 4.79 Å². The summed E-state index contributed by atoms with van der Waals surface area (Å²) >= 11 is 0. The third-order valence-electron chi connectivity index (χ3n) is 4.92. The minimum atomic E-state index is -0.370. The first-order chi connectivity index (χ1) is 9.65. The Kier molecular flexibility index (Phi) is 3.55. The molecule has 4 nitrogen and oxygen atoms in total. The van der Waals surface area contributed by atoms with E-state index in [1.54, 1.807) is 12.1 Å². The van der Waals surface area contributed by atoms with E-state index in [0.29, 0.717) is 11.3 Å². The highest BCUT2D eigenvalue weighted by atomic mass is 16.1. The molecular weight excluding hydrogens is 250 g/mol. The first-order valence-electron chi connectivity index (χ1n) is 7.59. The minimum absolute atomic E-state index is 0.370. The molecule has 1 aromatic carbocycles. The molecule has 1 aliphatic heterocycles. The first-order valence-corrected chi connectivity index (χ1v) is 7.59. The van der Waals surface area contributed by atoms with Gasteiger partial charge in [-0.3, -0.25) is 4.79 Å². The van der Waals surface area contributed by atoms with E-state index in [2.05, 4.69) is 4.90 Å². The summed E-state index contributed by atoms with van der Waals surface area (Å²) in [6, 6.07) is 5.39. The van der Waals surface area contributed by atoms with Crippen molar-refractivity contribution in [1.29, 1.82) is 0 Å². The Morgan fingerprint density at radius 3 is 2.65 bits per heavy atom. The zero-order chi connectivity index (χ0) is 14.1. The number of nitrogens with zero attached hydrogens (tertiary/aromatic N) is 1. The van der Waals surface area contributed by atoms with Crippen LogP contribution >= 0.6 is 0 Å². The van der Waals surface area contributed by atoms with E-state index in [-0.39, 0.29) is 5.91 Å². The van der Waals surface area contributed by atoms with Gasteiger partial charge >= 0.3 is 0 Å². The smallest absolute Gasteiger partial charge is 0.250 e. The molecule has 1 aromatic rings. The Labute approximate surface area is 120 Å². The second kappa shape index (κ2) is 5.35. The van der Waals surface area contributed by atoms with Crippen LogP contribution in [0.4, 0.5) is 11.4 Å². The lowest BCUT2D eigenvalue weighted by molar-refractivity contribution is 0.100. The number of carbonyl (C=O) groups is 1. The molecule has 1 aliphatic carbocycles. The van der Waals surface area contributed by atoms with E-state index >= 15 is 0 Å². The molecule has 2 atom stereocenters. The van der Waals surface area contributed by atoms with Crippen LogP contribution < -0.4 is 16.4 Å². The number of carbonyl (C=O) groups excluding carboxylic acids is 1. The van der Waals surface area contributed by atoms with Crippen LogP contribution in [-0.4, -0.2) is 19.0 Å². The maximum Gasteiger partial charge on any atom is 0.250 e. The highest BCUT2D eigenvalue weighted by Crippen LogP contribution is 2.38. The zero-order valence-corrected chi connectivity index (χ0v) is 11.8. The van der Waals surface area contributed by atoms with Gasteiger partial charge in [-0.15, -0.1) is 0 Å². The number of anilines is 2. The molecule has 1 saturated heterocycles. The fourth-order valence-electron chi connectivity index (χ4n) is 3.84. The third kappa shape index (κ3) is 2.47. The average molecular weight is 273 g/mol. The van der Waals surface area contributed by atoms with Gasteiger partial charge < -0.3 is 16.4 Å². The fraction of sp³-hybridized carbons (Fsp3) is 0.562. The average Bonchev–Trinajstić information content (AvgIpc) is 2.46. The number of rotatable bonds is 2. The van der Waals surface area contributed by atoms with Gasteiger partial charge in [0.15, 0.2) is 0 Å². The van der Waals surface area contributed by atoms with Crippen molar-refractivity contribution in [3.05, 3.63) is 23.8 Å². The Morgan fingerprint density at radius 1 is 1.15 bits per heavy atom. The molecule has 1 amide bonds. The molecule has 0 radical (unpaired) electrons. The van der Waals surface area contributed by atoms with Gasteiger partial charge in [0.25, 0.3) is 5.91 Å². The number of nitrogen functional groups attached to an aromatic ring is 1. The molecule has 1 heterocycles. The summed E-state index contributed by atoms with van der Waals surface area (Å²) in [6.07, 6.45) is 6.63. The Hall–Kier alpha value is -1.71. The summed E-state index contributed by atoms with van der Waals surface area (Å²) in [5, 5.41) is 0. The van der Waals surface area contributed by atoms with Gasteiger partial charge in [0.05, 0.1) is 11.3 Å². The van der Waals surface area contributed by atoms with Crippen molar-refractivity contribution in [1.82, 2.24) is 0 Å². The van der Waals surface area contributed by atoms with E-state index in [1.807, 2.05) is 6.07 Å². The fourth-order valence-corrected chi connectivity index (χ4v) is 3.84. The molecule has 0 bridgehead atoms. The number of benzene rings is 1. The molecule has 2 unspecified atom stereocenters. The Morgan fingerprint density at radius 2 is 1.90 bits per heavy atom. The minimum Gasteiger partial charge on any atom is -0.399 e. The number of primary amides is 1. The van der Waals surface area contributed by atoms with E-state index in [0.717, 1.165) is 30.6 Å². The molecule has 20 heavy (non-hydrogen) atoms. The summed E-state index contributed by atoms with van der Waals surface area (Å²) in [6.45, 7) is 2.04. The van der Waals surface area contributed by atoms with Crippen molar-refractivity contribution >= 4 is 17.3 Å². The Bertz CT molecular complexity index is 514. The molecule has 2 aliphatic rings. The van der Waals surface area contributed by atoms with Gasteiger partial charge in [-0.25, -0.2) is 0 Å².